The molecule has 1 N–H and O–H groups in total. The van der Waals surface area contributed by atoms with Gasteiger partial charge >= 0.3 is 6.18 Å². The molecule has 2 aromatic rings. The third-order valence-electron chi connectivity index (χ3n) is 3.24. The minimum atomic E-state index is -4.68. The molecule has 0 saturated heterocycles. The summed E-state index contributed by atoms with van der Waals surface area (Å²) < 4.78 is 49.3. The van der Waals surface area contributed by atoms with Crippen molar-refractivity contribution in [2.24, 2.45) is 0 Å². The van der Waals surface area contributed by atoms with Gasteiger partial charge in [-0.3, -0.25) is 9.59 Å². The van der Waals surface area contributed by atoms with Crippen LogP contribution in [0.1, 0.15) is 15.9 Å². The third-order valence-corrected chi connectivity index (χ3v) is 3.48. The molecule has 0 unspecified atom stereocenters. The molecule has 9 heteroatoms. The molecule has 0 aromatic heterocycles. The number of methoxy groups -OCH3 is 1. The Labute approximate surface area is 151 Å². The highest BCUT2D eigenvalue weighted by molar-refractivity contribution is 6.30. The second-order valence-electron chi connectivity index (χ2n) is 5.05. The van der Waals surface area contributed by atoms with Gasteiger partial charge < -0.3 is 14.8 Å². The number of hydrogen-bond donors (Lipinski definition) is 1. The van der Waals surface area contributed by atoms with Crippen molar-refractivity contribution in [1.29, 1.82) is 0 Å². The highest BCUT2D eigenvalue weighted by Crippen LogP contribution is 2.36. The van der Waals surface area contributed by atoms with E-state index in [4.69, 9.17) is 21.1 Å². The predicted molar refractivity (Wildman–Crippen MR) is 89.0 cm³/mol. The number of rotatable bonds is 6. The summed E-state index contributed by atoms with van der Waals surface area (Å²) in [6.45, 7) is -0.559. The number of halogens is 4. The minimum absolute atomic E-state index is 0.105. The zero-order chi connectivity index (χ0) is 19.3. The van der Waals surface area contributed by atoms with Crippen molar-refractivity contribution in [2.75, 3.05) is 19.0 Å². The quantitative estimate of drug-likeness (QED) is 0.755. The molecular weight excluding hydrogens is 375 g/mol. The van der Waals surface area contributed by atoms with Crippen LogP contribution in [-0.2, 0) is 11.0 Å². The first kappa shape index (κ1) is 19.6. The van der Waals surface area contributed by atoms with Gasteiger partial charge in [-0.25, -0.2) is 0 Å². The maximum Gasteiger partial charge on any atom is 0.418 e. The Balaban J connectivity index is 2.10. The Morgan fingerprint density at radius 2 is 1.92 bits per heavy atom. The van der Waals surface area contributed by atoms with E-state index in [-0.39, 0.29) is 16.5 Å². The lowest BCUT2D eigenvalue weighted by molar-refractivity contribution is -0.137. The first-order valence-corrected chi connectivity index (χ1v) is 7.55. The molecule has 0 fully saturated rings. The number of nitrogens with one attached hydrogen (secondary N) is 1. The van der Waals surface area contributed by atoms with Gasteiger partial charge in [-0.15, -0.1) is 0 Å². The second-order valence-corrected chi connectivity index (χ2v) is 5.49. The first-order chi connectivity index (χ1) is 12.2. The van der Waals surface area contributed by atoms with Gasteiger partial charge in [0.25, 0.3) is 5.91 Å². The summed E-state index contributed by atoms with van der Waals surface area (Å²) in [5, 5.41) is 2.03. The van der Waals surface area contributed by atoms with E-state index in [1.54, 1.807) is 0 Å². The molecule has 5 nitrogen and oxygen atoms in total. The van der Waals surface area contributed by atoms with E-state index in [2.05, 4.69) is 5.32 Å². The van der Waals surface area contributed by atoms with Crippen molar-refractivity contribution in [1.82, 2.24) is 0 Å². The molecule has 0 aliphatic rings. The van der Waals surface area contributed by atoms with Crippen LogP contribution in [0.2, 0.25) is 5.02 Å². The Morgan fingerprint density at radius 3 is 2.54 bits per heavy atom. The number of alkyl halides is 3. The second kappa shape index (κ2) is 8.09. The third kappa shape index (κ3) is 4.89. The highest BCUT2D eigenvalue weighted by atomic mass is 35.5. The molecule has 0 aliphatic carbocycles. The Hall–Kier alpha value is -2.74. The van der Waals surface area contributed by atoms with Crippen LogP contribution in [0.25, 0.3) is 0 Å². The van der Waals surface area contributed by atoms with E-state index in [0.717, 1.165) is 12.1 Å². The molecule has 0 atom stereocenters. The summed E-state index contributed by atoms with van der Waals surface area (Å²) >= 11 is 5.58. The monoisotopic (exact) mass is 387 g/mol. The summed E-state index contributed by atoms with van der Waals surface area (Å²) in [6, 6.07) is 7.28. The van der Waals surface area contributed by atoms with Crippen molar-refractivity contribution in [3.63, 3.8) is 0 Å². The van der Waals surface area contributed by atoms with Crippen molar-refractivity contribution < 1.29 is 32.2 Å². The first-order valence-electron chi connectivity index (χ1n) is 7.17. The maximum atomic E-state index is 13.0. The zero-order valence-electron chi connectivity index (χ0n) is 13.4. The summed E-state index contributed by atoms with van der Waals surface area (Å²) in [4.78, 5) is 22.7. The number of amides is 1. The average molecular weight is 388 g/mol. The molecular formula is C17H13ClF3NO4. The molecule has 0 heterocycles. The Bertz CT molecular complexity index is 824. The summed E-state index contributed by atoms with van der Waals surface area (Å²) in [7, 11) is 1.35. The largest absolute Gasteiger partial charge is 0.493 e. The van der Waals surface area contributed by atoms with Crippen molar-refractivity contribution >= 4 is 29.5 Å². The lowest BCUT2D eigenvalue weighted by Gasteiger charge is -2.15. The lowest BCUT2D eigenvalue weighted by atomic mass is 10.1. The van der Waals surface area contributed by atoms with Crippen LogP contribution in [0, 0.1) is 0 Å². The van der Waals surface area contributed by atoms with Gasteiger partial charge in [0, 0.05) is 10.6 Å². The molecule has 0 radical (unpaired) electrons. The molecule has 2 aromatic carbocycles. The molecule has 138 valence electrons. The number of ether oxygens (including phenoxy) is 2. The van der Waals surface area contributed by atoms with Crippen LogP contribution < -0.4 is 14.8 Å². The number of carbonyl (C=O) groups is 2. The van der Waals surface area contributed by atoms with Gasteiger partial charge in [0.05, 0.1) is 18.4 Å². The fourth-order valence-electron chi connectivity index (χ4n) is 2.07. The van der Waals surface area contributed by atoms with E-state index in [9.17, 15) is 22.8 Å². The van der Waals surface area contributed by atoms with Crippen LogP contribution in [0.4, 0.5) is 18.9 Å². The van der Waals surface area contributed by atoms with Crippen molar-refractivity contribution in [2.45, 2.75) is 6.18 Å². The van der Waals surface area contributed by atoms with E-state index in [1.165, 1.54) is 31.4 Å². The van der Waals surface area contributed by atoms with Crippen LogP contribution in [0.5, 0.6) is 11.5 Å². The normalized spacial score (nSPS) is 11.0. The number of anilines is 1. The SMILES string of the molecule is COc1cc(C=O)ccc1OCC(=O)Nc1ccc(Cl)cc1C(F)(F)F. The molecule has 1 amide bonds. The van der Waals surface area contributed by atoms with Gasteiger partial charge in [0.15, 0.2) is 18.1 Å². The van der Waals surface area contributed by atoms with Crippen LogP contribution >= 0.6 is 11.6 Å². The Morgan fingerprint density at radius 1 is 1.19 bits per heavy atom. The van der Waals surface area contributed by atoms with Crippen molar-refractivity contribution in [3.05, 3.63) is 52.5 Å². The lowest BCUT2D eigenvalue weighted by Crippen LogP contribution is -2.22. The van der Waals surface area contributed by atoms with E-state index in [1.807, 2.05) is 0 Å². The minimum Gasteiger partial charge on any atom is -0.493 e. The van der Waals surface area contributed by atoms with E-state index < -0.39 is 29.9 Å². The van der Waals surface area contributed by atoms with Crippen LogP contribution in [0.15, 0.2) is 36.4 Å². The van der Waals surface area contributed by atoms with Gasteiger partial charge in [-0.05, 0) is 36.4 Å². The summed E-state index contributed by atoms with van der Waals surface area (Å²) in [6.07, 6.45) is -4.07. The number of carbonyl (C=O) groups excluding carboxylic acids is 2. The van der Waals surface area contributed by atoms with Gasteiger partial charge in [0.1, 0.15) is 6.29 Å². The van der Waals surface area contributed by atoms with Gasteiger partial charge in [-0.2, -0.15) is 13.2 Å². The summed E-state index contributed by atoms with van der Waals surface area (Å²) in [5.41, 5.74) is -1.15. The van der Waals surface area contributed by atoms with Crippen molar-refractivity contribution in [3.8, 4) is 11.5 Å². The molecule has 2 rings (SSSR count). The fourth-order valence-corrected chi connectivity index (χ4v) is 2.24. The molecule has 26 heavy (non-hydrogen) atoms. The number of hydrogen-bond acceptors (Lipinski definition) is 4. The van der Waals surface area contributed by atoms with Gasteiger partial charge in [0.2, 0.25) is 0 Å². The fraction of sp³-hybridized carbons (Fsp3) is 0.176. The van der Waals surface area contributed by atoms with Crippen LogP contribution in [-0.4, -0.2) is 25.9 Å². The predicted octanol–water partition coefficient (Wildman–Crippen LogP) is 4.20. The molecule has 0 spiro atoms. The topological polar surface area (TPSA) is 64.6 Å². The van der Waals surface area contributed by atoms with Gasteiger partial charge in [-0.1, -0.05) is 11.6 Å². The highest BCUT2D eigenvalue weighted by Gasteiger charge is 2.34. The molecule has 0 bridgehead atoms. The van der Waals surface area contributed by atoms with E-state index in [0.29, 0.717) is 11.8 Å². The molecule has 0 aliphatic heterocycles. The maximum absolute atomic E-state index is 13.0. The summed E-state index contributed by atoms with van der Waals surface area (Å²) in [5.74, 6) is -0.426. The Kier molecular flexibility index (Phi) is 6.10. The number of benzene rings is 2. The zero-order valence-corrected chi connectivity index (χ0v) is 14.1. The average Bonchev–Trinajstić information content (AvgIpc) is 2.60. The standard InChI is InChI=1S/C17H13ClF3NO4/c1-25-15-6-10(8-23)2-5-14(15)26-9-16(24)22-13-4-3-11(18)7-12(13)17(19,20)21/h2-8H,9H2,1H3,(H,22,24). The smallest absolute Gasteiger partial charge is 0.418 e. The van der Waals surface area contributed by atoms with E-state index >= 15 is 0 Å². The van der Waals surface area contributed by atoms with Crippen LogP contribution in [0.3, 0.4) is 0 Å². The number of aldehydes is 1. The molecule has 0 saturated carbocycles.